The molecule has 0 radical (unpaired) electrons. The van der Waals surface area contributed by atoms with E-state index in [1.165, 1.54) is 171 Å². The van der Waals surface area contributed by atoms with Crippen molar-refractivity contribution >= 4 is 78.5 Å². The second-order valence-corrected chi connectivity index (χ2v) is 20.2. The van der Waals surface area contributed by atoms with E-state index in [4.69, 9.17) is 14.2 Å². The van der Waals surface area contributed by atoms with E-state index in [1.807, 2.05) is 7.11 Å². The maximum Gasteiger partial charge on any atom is 0.244 e. The van der Waals surface area contributed by atoms with Crippen molar-refractivity contribution in [3.05, 3.63) is 148 Å². The van der Waals surface area contributed by atoms with E-state index in [9.17, 15) is 0 Å². The molecule has 67 heavy (non-hydrogen) atoms. The predicted molar refractivity (Wildman–Crippen MR) is 285 cm³/mol. The Morgan fingerprint density at radius 3 is 1.12 bits per heavy atom. The fourth-order valence-corrected chi connectivity index (χ4v) is 14.0. The maximum atomic E-state index is 6.21. The van der Waals surface area contributed by atoms with Gasteiger partial charge in [0, 0.05) is 0 Å². The molecule has 0 saturated heterocycles. The first-order chi connectivity index (χ1) is 32.5. The quantitative estimate of drug-likeness (QED) is 0.127. The van der Waals surface area contributed by atoms with Crippen molar-refractivity contribution in [2.45, 2.75) is 48.5 Å². The van der Waals surface area contributed by atoms with Crippen molar-refractivity contribution in [3.8, 4) is 84.0 Å². The number of hydrogen-bond donors (Lipinski definition) is 0. The summed E-state index contributed by atoms with van der Waals surface area (Å²) in [5, 5.41) is 8.06. The van der Waals surface area contributed by atoms with Gasteiger partial charge in [0.2, 0.25) is 13.4 Å². The molecule has 3 nitrogen and oxygen atoms in total. The third kappa shape index (κ3) is 4.89. The Hall–Kier alpha value is -7.23. The maximum absolute atomic E-state index is 6.21. The minimum absolute atomic E-state index is 0.0298. The van der Waals surface area contributed by atoms with Gasteiger partial charge in [-0.2, -0.15) is 0 Å². The van der Waals surface area contributed by atoms with E-state index in [1.54, 1.807) is 14.2 Å². The van der Waals surface area contributed by atoms with E-state index in [0.29, 0.717) is 0 Å². The van der Waals surface area contributed by atoms with Crippen LogP contribution in [0, 0.1) is 48.5 Å². The summed E-state index contributed by atoms with van der Waals surface area (Å²) in [7, 11) is 5.38. The first-order valence-corrected chi connectivity index (χ1v) is 23.7. The predicted octanol–water partition coefficient (Wildman–Crippen LogP) is 11.1. The first-order valence-electron chi connectivity index (χ1n) is 23.7. The molecule has 10 aromatic carbocycles. The summed E-state index contributed by atoms with van der Waals surface area (Å²) >= 11 is 0. The molecule has 0 atom stereocenters. The molecule has 0 saturated carbocycles. The molecule has 0 N–H and O–H groups in total. The van der Waals surface area contributed by atoms with E-state index < -0.39 is 0 Å². The summed E-state index contributed by atoms with van der Waals surface area (Å²) in [6, 6.07) is 42.9. The van der Waals surface area contributed by atoms with Gasteiger partial charge in [0.1, 0.15) is 17.2 Å². The highest BCUT2D eigenvalue weighted by atomic mass is 16.5. The highest BCUT2D eigenvalue weighted by Crippen LogP contribution is 2.53. The van der Waals surface area contributed by atoms with Crippen LogP contribution in [0.1, 0.15) is 38.9 Å². The molecule has 0 fully saturated rings. The second kappa shape index (κ2) is 13.2. The van der Waals surface area contributed by atoms with Gasteiger partial charge < -0.3 is 14.2 Å². The van der Waals surface area contributed by atoms with Crippen LogP contribution in [0.5, 0.6) is 17.2 Å². The molecule has 0 spiro atoms. The van der Waals surface area contributed by atoms with Crippen molar-refractivity contribution in [3.63, 3.8) is 0 Å². The van der Waals surface area contributed by atoms with Crippen molar-refractivity contribution < 1.29 is 14.2 Å². The highest BCUT2D eigenvalue weighted by Gasteiger charge is 2.45. The molecular formula is C62H48B2O3. The van der Waals surface area contributed by atoms with Gasteiger partial charge in [-0.25, -0.2) is 0 Å². The first kappa shape index (κ1) is 39.0. The number of ether oxygens (including phenoxy) is 3. The molecule has 0 aromatic heterocycles. The number of methoxy groups -OCH3 is 3. The van der Waals surface area contributed by atoms with Crippen LogP contribution in [0.4, 0.5) is 0 Å². The van der Waals surface area contributed by atoms with Crippen LogP contribution in [-0.4, -0.2) is 34.8 Å². The van der Waals surface area contributed by atoms with Gasteiger partial charge in [0.25, 0.3) is 0 Å². The van der Waals surface area contributed by atoms with Crippen LogP contribution in [0.15, 0.2) is 109 Å². The molecule has 5 heteroatoms. The van der Waals surface area contributed by atoms with Gasteiger partial charge in [-0.05, 0) is 218 Å². The van der Waals surface area contributed by atoms with Gasteiger partial charge in [-0.3, -0.25) is 0 Å². The summed E-state index contributed by atoms with van der Waals surface area (Å²) in [5.41, 5.74) is 32.6. The lowest BCUT2D eigenvalue weighted by molar-refractivity contribution is 0.414. The van der Waals surface area contributed by atoms with Crippen molar-refractivity contribution in [2.75, 3.05) is 21.3 Å². The number of benzene rings is 10. The molecule has 4 heterocycles. The van der Waals surface area contributed by atoms with Gasteiger partial charge in [0.15, 0.2) is 0 Å². The monoisotopic (exact) mass is 862 g/mol. The summed E-state index contributed by atoms with van der Waals surface area (Å²) < 4.78 is 18.3. The second-order valence-electron chi connectivity index (χ2n) is 20.2. The molecular weight excluding hydrogens is 814 g/mol. The number of aryl methyl sites for hydroxylation is 7. The fourth-order valence-electron chi connectivity index (χ4n) is 14.0. The minimum atomic E-state index is 0.0298. The Kier molecular flexibility index (Phi) is 7.70. The van der Waals surface area contributed by atoms with E-state index in [-0.39, 0.29) is 13.4 Å². The third-order valence-corrected chi connectivity index (χ3v) is 16.3. The van der Waals surface area contributed by atoms with Gasteiger partial charge >= 0.3 is 0 Å². The van der Waals surface area contributed by atoms with Crippen LogP contribution in [0.3, 0.4) is 0 Å². The van der Waals surface area contributed by atoms with Gasteiger partial charge in [-0.1, -0.05) is 110 Å². The van der Waals surface area contributed by atoms with Crippen molar-refractivity contribution in [1.29, 1.82) is 0 Å². The van der Waals surface area contributed by atoms with Gasteiger partial charge in [-0.15, -0.1) is 0 Å². The highest BCUT2D eigenvalue weighted by molar-refractivity contribution is 7.03. The molecule has 0 unspecified atom stereocenters. The normalized spacial score (nSPS) is 13.2. The molecule has 0 aliphatic carbocycles. The SMILES string of the molecule is COc1ccc2c(c1)-c1cc(OC)cc3c1B2c1cc2c(-c4c(C)cc(C)cc4C)cc4c5c(cc6c(-c7c(C)cc(C)cc7C)cc-3c1c6c25)B1c2ccc(C)cc2-c2cc(OC)cc-4c21. The molecule has 4 aliphatic rings. The lowest BCUT2D eigenvalue weighted by atomic mass is 9.34. The average molecular weight is 863 g/mol. The van der Waals surface area contributed by atoms with E-state index >= 15 is 0 Å². The fraction of sp³-hybridized carbons (Fsp3) is 0.161. The Morgan fingerprint density at radius 2 is 0.687 bits per heavy atom. The molecule has 14 rings (SSSR count). The summed E-state index contributed by atoms with van der Waals surface area (Å²) in [5.74, 6) is 2.62. The standard InChI is InChI=1S/C62H48B2O3/c1-29-11-13-51-39(19-29)47-21-37(66-9)23-49-43-25-41(55-32(4)15-30(2)16-33(55)5)46-28-54-58-44(50-24-38(67-10)22-48-40-20-36(65-8)12-14-52(40)64(54)62(48)50)26-42(56-34(6)17-31(3)18-35(56)7)45-27-53(63(51)61(47)49)57(43)59(46)60(45)58/h11-28H,1-10H3. The summed E-state index contributed by atoms with van der Waals surface area (Å²) in [6.07, 6.45) is 0. The van der Waals surface area contributed by atoms with Crippen LogP contribution >= 0.6 is 0 Å². The Bertz CT molecular complexity index is 3870. The van der Waals surface area contributed by atoms with Gasteiger partial charge in [0.05, 0.1) is 21.3 Å². The Labute approximate surface area is 392 Å². The zero-order valence-corrected chi connectivity index (χ0v) is 39.8. The van der Waals surface area contributed by atoms with Crippen LogP contribution in [-0.2, 0) is 0 Å². The number of rotatable bonds is 5. The van der Waals surface area contributed by atoms with E-state index in [2.05, 4.69) is 158 Å². The number of fused-ring (bicyclic) bond motifs is 10. The zero-order chi connectivity index (χ0) is 45.6. The smallest absolute Gasteiger partial charge is 0.244 e. The summed E-state index contributed by atoms with van der Waals surface area (Å²) in [6.45, 7) is 16.0. The molecule has 0 amide bonds. The van der Waals surface area contributed by atoms with Crippen LogP contribution in [0.25, 0.3) is 99.1 Å². The summed E-state index contributed by atoms with van der Waals surface area (Å²) in [4.78, 5) is 0. The van der Waals surface area contributed by atoms with Crippen molar-refractivity contribution in [2.24, 2.45) is 0 Å². The third-order valence-electron chi connectivity index (χ3n) is 16.3. The Morgan fingerprint density at radius 1 is 0.299 bits per heavy atom. The molecule has 10 aromatic rings. The Balaban J connectivity index is 1.26. The molecule has 0 bridgehead atoms. The lowest BCUT2D eigenvalue weighted by Crippen LogP contribution is -2.53. The molecule has 320 valence electrons. The van der Waals surface area contributed by atoms with Crippen LogP contribution in [0.2, 0.25) is 0 Å². The topological polar surface area (TPSA) is 27.7 Å². The lowest BCUT2D eigenvalue weighted by Gasteiger charge is -2.33. The zero-order valence-electron chi connectivity index (χ0n) is 39.8. The van der Waals surface area contributed by atoms with E-state index in [0.717, 1.165) is 17.2 Å². The van der Waals surface area contributed by atoms with Crippen LogP contribution < -0.4 is 47.0 Å². The van der Waals surface area contributed by atoms with Crippen molar-refractivity contribution in [1.82, 2.24) is 0 Å². The molecule has 4 aliphatic heterocycles. The largest absolute Gasteiger partial charge is 0.497 e. The minimum Gasteiger partial charge on any atom is -0.497 e. The average Bonchev–Trinajstić information content (AvgIpc) is 3.81. The number of hydrogen-bond acceptors (Lipinski definition) is 3.